The van der Waals surface area contributed by atoms with Crippen LogP contribution < -0.4 is 5.32 Å². The molecule has 2 nitrogen and oxygen atoms in total. The molecule has 2 aromatic carbocycles. The van der Waals surface area contributed by atoms with Gasteiger partial charge in [0.05, 0.1) is 0 Å². The van der Waals surface area contributed by atoms with Gasteiger partial charge >= 0.3 is 0 Å². The van der Waals surface area contributed by atoms with E-state index in [9.17, 15) is 5.11 Å². The Bertz CT molecular complexity index is 609. The minimum absolute atomic E-state index is 0.255. The van der Waals surface area contributed by atoms with Crippen molar-refractivity contribution in [3.63, 3.8) is 0 Å². The van der Waals surface area contributed by atoms with Crippen molar-refractivity contribution in [2.45, 2.75) is 31.8 Å². The van der Waals surface area contributed by atoms with Crippen LogP contribution in [-0.2, 0) is 6.42 Å². The Morgan fingerprint density at radius 1 is 1.20 bits per heavy atom. The minimum atomic E-state index is 0.255. The summed E-state index contributed by atoms with van der Waals surface area (Å²) in [5.41, 5.74) is 3.54. The van der Waals surface area contributed by atoms with Crippen molar-refractivity contribution >= 4 is 11.6 Å². The van der Waals surface area contributed by atoms with Crippen LogP contribution in [0.5, 0.6) is 5.75 Å². The minimum Gasteiger partial charge on any atom is -0.508 e. The molecular formula is C17H18ClNO. The van der Waals surface area contributed by atoms with Crippen molar-refractivity contribution in [1.82, 2.24) is 5.32 Å². The van der Waals surface area contributed by atoms with Gasteiger partial charge in [-0.05, 0) is 54.7 Å². The molecule has 0 saturated heterocycles. The third-order valence-corrected chi connectivity index (χ3v) is 4.32. The first-order valence-electron chi connectivity index (χ1n) is 6.97. The number of fused-ring (bicyclic) bond motifs is 1. The third kappa shape index (κ3) is 2.54. The van der Waals surface area contributed by atoms with E-state index in [0.717, 1.165) is 23.4 Å². The number of benzene rings is 2. The van der Waals surface area contributed by atoms with Gasteiger partial charge in [0.25, 0.3) is 0 Å². The van der Waals surface area contributed by atoms with Crippen molar-refractivity contribution in [1.29, 1.82) is 0 Å². The number of rotatable bonds is 3. The van der Waals surface area contributed by atoms with E-state index >= 15 is 0 Å². The topological polar surface area (TPSA) is 32.3 Å². The van der Waals surface area contributed by atoms with Crippen LogP contribution in [0, 0.1) is 0 Å². The fraction of sp³-hybridized carbons (Fsp3) is 0.294. The maximum atomic E-state index is 9.89. The monoisotopic (exact) mass is 287 g/mol. The molecule has 0 heterocycles. The van der Waals surface area contributed by atoms with Crippen LogP contribution in [0.1, 0.15) is 42.1 Å². The fourth-order valence-corrected chi connectivity index (χ4v) is 3.08. The SMILES string of the molecule is C[C@H](NC1CCc2c(O)cccc21)c1ccc(Cl)cc1. The van der Waals surface area contributed by atoms with Crippen LogP contribution in [0.4, 0.5) is 0 Å². The maximum absolute atomic E-state index is 9.89. The Kier molecular flexibility index (Phi) is 3.68. The summed E-state index contributed by atoms with van der Waals surface area (Å²) in [7, 11) is 0. The van der Waals surface area contributed by atoms with Gasteiger partial charge in [-0.15, -0.1) is 0 Å². The summed E-state index contributed by atoms with van der Waals surface area (Å²) < 4.78 is 0. The van der Waals surface area contributed by atoms with Gasteiger partial charge in [-0.3, -0.25) is 0 Å². The number of nitrogens with one attached hydrogen (secondary N) is 1. The standard InChI is InChI=1S/C17H18ClNO/c1-11(12-5-7-13(18)8-6-12)19-16-10-9-15-14(16)3-2-4-17(15)20/h2-8,11,16,19-20H,9-10H2,1H3/t11-,16?/m0/s1. The fourth-order valence-electron chi connectivity index (χ4n) is 2.96. The van der Waals surface area contributed by atoms with Gasteiger partial charge in [-0.2, -0.15) is 0 Å². The summed E-state index contributed by atoms with van der Waals surface area (Å²) in [4.78, 5) is 0. The molecule has 0 fully saturated rings. The van der Waals surface area contributed by atoms with Crippen LogP contribution in [0.2, 0.25) is 5.02 Å². The summed E-state index contributed by atoms with van der Waals surface area (Å²) in [6.45, 7) is 2.16. The largest absolute Gasteiger partial charge is 0.508 e. The summed E-state index contributed by atoms with van der Waals surface area (Å²) in [6, 6.07) is 14.3. The van der Waals surface area contributed by atoms with Crippen LogP contribution >= 0.6 is 11.6 Å². The van der Waals surface area contributed by atoms with Gasteiger partial charge in [-0.1, -0.05) is 35.9 Å². The van der Waals surface area contributed by atoms with Gasteiger partial charge < -0.3 is 10.4 Å². The molecule has 1 aliphatic rings. The molecule has 3 rings (SSSR count). The lowest BCUT2D eigenvalue weighted by Crippen LogP contribution is -2.22. The molecule has 104 valence electrons. The molecule has 2 N–H and O–H groups in total. The zero-order valence-corrected chi connectivity index (χ0v) is 12.2. The molecule has 1 unspecified atom stereocenters. The molecule has 0 spiro atoms. The van der Waals surface area contributed by atoms with Gasteiger partial charge in [0.1, 0.15) is 5.75 Å². The van der Waals surface area contributed by atoms with E-state index < -0.39 is 0 Å². The smallest absolute Gasteiger partial charge is 0.119 e. The summed E-state index contributed by atoms with van der Waals surface area (Å²) in [6.07, 6.45) is 1.97. The zero-order chi connectivity index (χ0) is 14.1. The Morgan fingerprint density at radius 2 is 1.95 bits per heavy atom. The molecular weight excluding hydrogens is 270 g/mol. The van der Waals surface area contributed by atoms with Crippen molar-refractivity contribution in [2.24, 2.45) is 0 Å². The van der Waals surface area contributed by atoms with Gasteiger partial charge in [-0.25, -0.2) is 0 Å². The van der Waals surface area contributed by atoms with Gasteiger partial charge in [0.15, 0.2) is 0 Å². The van der Waals surface area contributed by atoms with Crippen LogP contribution in [-0.4, -0.2) is 5.11 Å². The molecule has 2 atom stereocenters. The Hall–Kier alpha value is -1.51. The van der Waals surface area contributed by atoms with Crippen molar-refractivity contribution < 1.29 is 5.11 Å². The van der Waals surface area contributed by atoms with E-state index in [1.54, 1.807) is 6.07 Å². The Morgan fingerprint density at radius 3 is 2.70 bits per heavy atom. The normalized spacial score (nSPS) is 18.8. The van der Waals surface area contributed by atoms with E-state index in [1.807, 2.05) is 18.2 Å². The summed E-state index contributed by atoms with van der Waals surface area (Å²) >= 11 is 5.92. The third-order valence-electron chi connectivity index (χ3n) is 4.07. The van der Waals surface area contributed by atoms with Crippen molar-refractivity contribution in [3.8, 4) is 5.75 Å². The molecule has 0 saturated carbocycles. The van der Waals surface area contributed by atoms with Crippen LogP contribution in [0.25, 0.3) is 0 Å². The number of phenols is 1. The van der Waals surface area contributed by atoms with Crippen LogP contribution in [0.3, 0.4) is 0 Å². The highest BCUT2D eigenvalue weighted by atomic mass is 35.5. The Balaban J connectivity index is 1.77. The van der Waals surface area contributed by atoms with E-state index in [4.69, 9.17) is 11.6 Å². The quantitative estimate of drug-likeness (QED) is 0.878. The van der Waals surface area contributed by atoms with E-state index in [2.05, 4.69) is 30.4 Å². The molecule has 0 aromatic heterocycles. The first-order valence-corrected chi connectivity index (χ1v) is 7.35. The second-order valence-electron chi connectivity index (χ2n) is 5.38. The highest BCUT2D eigenvalue weighted by molar-refractivity contribution is 6.30. The second kappa shape index (κ2) is 5.47. The average molecular weight is 288 g/mol. The molecule has 2 aromatic rings. The zero-order valence-electron chi connectivity index (χ0n) is 11.4. The molecule has 20 heavy (non-hydrogen) atoms. The van der Waals surface area contributed by atoms with E-state index in [1.165, 1.54) is 11.1 Å². The lowest BCUT2D eigenvalue weighted by atomic mass is 10.0. The van der Waals surface area contributed by atoms with Crippen molar-refractivity contribution in [2.75, 3.05) is 0 Å². The number of hydrogen-bond donors (Lipinski definition) is 2. The highest BCUT2D eigenvalue weighted by Crippen LogP contribution is 2.37. The molecule has 0 bridgehead atoms. The number of hydrogen-bond acceptors (Lipinski definition) is 2. The molecule has 1 aliphatic carbocycles. The maximum Gasteiger partial charge on any atom is 0.119 e. The van der Waals surface area contributed by atoms with E-state index in [-0.39, 0.29) is 6.04 Å². The van der Waals surface area contributed by atoms with Gasteiger partial charge in [0, 0.05) is 17.1 Å². The molecule has 3 heteroatoms. The predicted octanol–water partition coefficient (Wildman–Crippen LogP) is 4.38. The number of aromatic hydroxyl groups is 1. The lowest BCUT2D eigenvalue weighted by Gasteiger charge is -2.21. The van der Waals surface area contributed by atoms with E-state index in [0.29, 0.717) is 11.8 Å². The molecule has 0 aliphatic heterocycles. The van der Waals surface area contributed by atoms with Gasteiger partial charge in [0.2, 0.25) is 0 Å². The van der Waals surface area contributed by atoms with Crippen molar-refractivity contribution in [3.05, 3.63) is 64.2 Å². The Labute approximate surface area is 124 Å². The van der Waals surface area contributed by atoms with Crippen LogP contribution in [0.15, 0.2) is 42.5 Å². The number of phenolic OH excluding ortho intramolecular Hbond substituents is 1. The highest BCUT2D eigenvalue weighted by Gasteiger charge is 2.25. The second-order valence-corrected chi connectivity index (χ2v) is 5.81. The number of halogens is 1. The average Bonchev–Trinajstić information content (AvgIpc) is 2.84. The first-order chi connectivity index (χ1) is 9.65. The predicted molar refractivity (Wildman–Crippen MR) is 82.2 cm³/mol. The first kappa shape index (κ1) is 13.5. The summed E-state index contributed by atoms with van der Waals surface area (Å²) in [5, 5.41) is 14.3. The summed E-state index contributed by atoms with van der Waals surface area (Å²) in [5.74, 6) is 0.422. The molecule has 0 radical (unpaired) electrons. The molecule has 0 amide bonds. The lowest BCUT2D eigenvalue weighted by molar-refractivity contribution is 0.465.